The molecule has 0 radical (unpaired) electrons. The summed E-state index contributed by atoms with van der Waals surface area (Å²) in [5.74, 6) is 0. The van der Waals surface area contributed by atoms with Crippen LogP contribution < -0.4 is 5.32 Å². The number of nitrogens with one attached hydrogen (secondary N) is 1. The van der Waals surface area contributed by atoms with E-state index < -0.39 is 0 Å². The van der Waals surface area contributed by atoms with Gasteiger partial charge in [0.25, 0.3) is 0 Å². The first-order valence-electron chi connectivity index (χ1n) is 6.17. The fourth-order valence-electron chi connectivity index (χ4n) is 1.61. The largest absolute Gasteiger partial charge is 0.318 e. The van der Waals surface area contributed by atoms with Crippen molar-refractivity contribution < 1.29 is 0 Å². The van der Waals surface area contributed by atoms with Gasteiger partial charge in [-0.3, -0.25) is 4.90 Å². The van der Waals surface area contributed by atoms with E-state index >= 15 is 0 Å². The van der Waals surface area contributed by atoms with E-state index in [0.29, 0.717) is 0 Å². The van der Waals surface area contributed by atoms with E-state index in [4.69, 9.17) is 0 Å². The van der Waals surface area contributed by atoms with E-state index in [1.165, 1.54) is 5.57 Å². The van der Waals surface area contributed by atoms with Crippen LogP contribution in [-0.2, 0) is 0 Å². The second kappa shape index (κ2) is 10.1. The van der Waals surface area contributed by atoms with Crippen molar-refractivity contribution in [1.29, 1.82) is 0 Å². The van der Waals surface area contributed by atoms with E-state index in [9.17, 15) is 0 Å². The van der Waals surface area contributed by atoms with Gasteiger partial charge in [0.1, 0.15) is 0 Å². The van der Waals surface area contributed by atoms with Gasteiger partial charge in [-0.1, -0.05) is 50.0 Å². The summed E-state index contributed by atoms with van der Waals surface area (Å²) in [6.45, 7) is 16.0. The zero-order valence-corrected chi connectivity index (χ0v) is 11.5. The zero-order valence-electron chi connectivity index (χ0n) is 11.5. The molecule has 0 aromatic rings. The summed E-state index contributed by atoms with van der Waals surface area (Å²) in [5.41, 5.74) is 2.46. The van der Waals surface area contributed by atoms with Crippen molar-refractivity contribution in [3.05, 3.63) is 48.6 Å². The molecule has 1 N–H and O–H groups in total. The van der Waals surface area contributed by atoms with Crippen LogP contribution in [0.5, 0.6) is 0 Å². The molecular formula is C15H26N2. The minimum atomic E-state index is 1.00. The Labute approximate surface area is 106 Å². The Hall–Kier alpha value is -1.12. The number of allylic oxidation sites excluding steroid dienone is 5. The molecule has 0 unspecified atom stereocenters. The lowest BCUT2D eigenvalue weighted by atomic mass is 10.1. The molecule has 0 rings (SSSR count). The molecule has 0 aliphatic carbocycles. The third-order valence-corrected chi connectivity index (χ3v) is 2.56. The molecule has 0 aromatic carbocycles. The average Bonchev–Trinajstić information content (AvgIpc) is 2.33. The quantitative estimate of drug-likeness (QED) is 0.617. The lowest BCUT2D eigenvalue weighted by Crippen LogP contribution is -2.32. The van der Waals surface area contributed by atoms with Crippen LogP contribution in [0.2, 0.25) is 0 Å². The summed E-state index contributed by atoms with van der Waals surface area (Å²) in [6.07, 6.45) is 7.78. The lowest BCUT2D eigenvalue weighted by Gasteiger charge is -2.20. The molecule has 0 aromatic heterocycles. The van der Waals surface area contributed by atoms with Crippen molar-refractivity contribution in [3.8, 4) is 0 Å². The van der Waals surface area contributed by atoms with Gasteiger partial charge in [-0.2, -0.15) is 0 Å². The maximum Gasteiger partial charge on any atom is 0.0193 e. The molecule has 2 heteroatoms. The molecule has 0 amide bonds. The molecule has 0 atom stereocenters. The molecule has 0 bridgehead atoms. The van der Waals surface area contributed by atoms with Gasteiger partial charge in [-0.15, -0.1) is 0 Å². The number of likely N-dealkylation sites (N-methyl/N-ethyl adjacent to an activating group) is 2. The van der Waals surface area contributed by atoms with Crippen molar-refractivity contribution in [2.45, 2.75) is 13.8 Å². The first-order valence-corrected chi connectivity index (χ1v) is 6.17. The highest BCUT2D eigenvalue weighted by Crippen LogP contribution is 2.05. The van der Waals surface area contributed by atoms with Crippen molar-refractivity contribution in [2.75, 3.05) is 33.2 Å². The minimum absolute atomic E-state index is 1.00. The van der Waals surface area contributed by atoms with Gasteiger partial charge in [0, 0.05) is 19.6 Å². The first kappa shape index (κ1) is 15.9. The standard InChI is InChI=1S/C15H26N2/c1-6-9-15(7-2)12-14(4)13-17(8-3)11-10-16-5/h6-7,9,12,16H,1-2,8,10-11,13H2,3-5H3/b14-12+,15-9+. The van der Waals surface area contributed by atoms with E-state index in [1.54, 1.807) is 6.08 Å². The molecule has 0 aliphatic rings. The smallest absolute Gasteiger partial charge is 0.0193 e. The fraction of sp³-hybridized carbons (Fsp3) is 0.467. The van der Waals surface area contributed by atoms with Gasteiger partial charge in [0.15, 0.2) is 0 Å². The Morgan fingerprint density at radius 2 is 2.06 bits per heavy atom. The minimum Gasteiger partial charge on any atom is -0.318 e. The second-order valence-electron chi connectivity index (χ2n) is 4.07. The third-order valence-electron chi connectivity index (χ3n) is 2.56. The molecule has 0 fully saturated rings. The van der Waals surface area contributed by atoms with Crippen LogP contribution in [0.25, 0.3) is 0 Å². The van der Waals surface area contributed by atoms with Gasteiger partial charge in [0.05, 0.1) is 0 Å². The van der Waals surface area contributed by atoms with Crippen LogP contribution in [0.15, 0.2) is 48.6 Å². The molecule has 2 nitrogen and oxygen atoms in total. The van der Waals surface area contributed by atoms with Crippen molar-refractivity contribution >= 4 is 0 Å². The van der Waals surface area contributed by atoms with Gasteiger partial charge in [-0.05, 0) is 26.1 Å². The SMILES string of the molecule is C=C/C=C(C=C)/C=C(\C)CN(CC)CCNC. The van der Waals surface area contributed by atoms with Crippen molar-refractivity contribution in [2.24, 2.45) is 0 Å². The number of nitrogens with zero attached hydrogens (tertiary/aromatic N) is 1. The third kappa shape index (κ3) is 7.72. The summed E-state index contributed by atoms with van der Waals surface area (Å²) in [4.78, 5) is 2.41. The molecule has 0 saturated heterocycles. The Bertz CT molecular complexity index is 287. The van der Waals surface area contributed by atoms with E-state index in [1.807, 2.05) is 19.2 Å². The Morgan fingerprint density at radius 3 is 2.53 bits per heavy atom. The predicted octanol–water partition coefficient (Wildman–Crippen LogP) is 2.77. The van der Waals surface area contributed by atoms with Gasteiger partial charge in [-0.25, -0.2) is 0 Å². The van der Waals surface area contributed by atoms with Crippen LogP contribution in [0.1, 0.15) is 13.8 Å². The topological polar surface area (TPSA) is 15.3 Å². The Balaban J connectivity index is 4.42. The highest BCUT2D eigenvalue weighted by Gasteiger charge is 2.02. The maximum absolute atomic E-state index is 3.80. The molecule has 0 saturated carbocycles. The van der Waals surface area contributed by atoms with Crippen LogP contribution in [0, 0.1) is 0 Å². The highest BCUT2D eigenvalue weighted by molar-refractivity contribution is 5.34. The summed E-state index contributed by atoms with van der Waals surface area (Å²) < 4.78 is 0. The van der Waals surface area contributed by atoms with Gasteiger partial charge in [0.2, 0.25) is 0 Å². The van der Waals surface area contributed by atoms with Gasteiger partial charge >= 0.3 is 0 Å². The highest BCUT2D eigenvalue weighted by atomic mass is 15.1. The Kier molecular flexibility index (Phi) is 9.40. The van der Waals surface area contributed by atoms with Crippen LogP contribution in [0.3, 0.4) is 0 Å². The average molecular weight is 234 g/mol. The molecule has 0 spiro atoms. The Morgan fingerprint density at radius 1 is 1.35 bits per heavy atom. The molecule has 0 aliphatic heterocycles. The number of hydrogen-bond acceptors (Lipinski definition) is 2. The fourth-order valence-corrected chi connectivity index (χ4v) is 1.61. The molecular weight excluding hydrogens is 208 g/mol. The molecule has 0 heterocycles. The van der Waals surface area contributed by atoms with Crippen LogP contribution >= 0.6 is 0 Å². The lowest BCUT2D eigenvalue weighted by molar-refractivity contribution is 0.313. The van der Waals surface area contributed by atoms with Crippen LogP contribution in [0.4, 0.5) is 0 Å². The van der Waals surface area contributed by atoms with Gasteiger partial charge < -0.3 is 5.32 Å². The summed E-state index contributed by atoms with van der Waals surface area (Å²) in [5, 5.41) is 3.18. The van der Waals surface area contributed by atoms with E-state index in [2.05, 4.69) is 43.3 Å². The first-order chi connectivity index (χ1) is 8.17. The number of hydrogen-bond donors (Lipinski definition) is 1. The second-order valence-corrected chi connectivity index (χ2v) is 4.07. The molecule has 17 heavy (non-hydrogen) atoms. The van der Waals surface area contributed by atoms with E-state index in [-0.39, 0.29) is 0 Å². The zero-order chi connectivity index (χ0) is 13.1. The van der Waals surface area contributed by atoms with Crippen molar-refractivity contribution in [3.63, 3.8) is 0 Å². The summed E-state index contributed by atoms with van der Waals surface area (Å²) >= 11 is 0. The monoisotopic (exact) mass is 234 g/mol. The van der Waals surface area contributed by atoms with Crippen molar-refractivity contribution in [1.82, 2.24) is 10.2 Å². The molecule has 96 valence electrons. The van der Waals surface area contributed by atoms with E-state index in [0.717, 1.165) is 31.8 Å². The number of rotatable bonds is 9. The van der Waals surface area contributed by atoms with Crippen LogP contribution in [-0.4, -0.2) is 38.1 Å². The predicted molar refractivity (Wildman–Crippen MR) is 78.3 cm³/mol. The normalized spacial score (nSPS) is 12.9. The summed E-state index contributed by atoms with van der Waals surface area (Å²) in [7, 11) is 1.99. The summed E-state index contributed by atoms with van der Waals surface area (Å²) in [6, 6.07) is 0. The maximum atomic E-state index is 3.80.